The molecule has 7 nitrogen and oxygen atoms in total. The summed E-state index contributed by atoms with van der Waals surface area (Å²) < 4.78 is 32.5. The number of ketones is 1. The molecule has 0 spiro atoms. The second-order valence-corrected chi connectivity index (χ2v) is 7.99. The first kappa shape index (κ1) is 21.6. The third kappa shape index (κ3) is 5.90. The molecule has 0 heterocycles. The number of carbonyl (C=O) groups excluding carboxylic acids is 1. The number of benzene rings is 2. The van der Waals surface area contributed by atoms with Crippen LogP contribution in [0.1, 0.15) is 36.2 Å². The Balaban J connectivity index is 1.91. The zero-order valence-electron chi connectivity index (χ0n) is 15.7. The van der Waals surface area contributed by atoms with Gasteiger partial charge in [-0.2, -0.15) is 0 Å². The van der Waals surface area contributed by atoms with Gasteiger partial charge in [0.25, 0.3) is 0 Å². The maximum atomic E-state index is 12.3. The van der Waals surface area contributed by atoms with E-state index in [0.717, 1.165) is 5.56 Å². The van der Waals surface area contributed by atoms with Crippen molar-refractivity contribution in [3.63, 3.8) is 0 Å². The van der Waals surface area contributed by atoms with Crippen molar-refractivity contribution in [3.8, 4) is 5.75 Å². The van der Waals surface area contributed by atoms with E-state index in [1.54, 1.807) is 31.2 Å². The van der Waals surface area contributed by atoms with E-state index >= 15 is 0 Å². The molecule has 1 atom stereocenters. The van der Waals surface area contributed by atoms with Gasteiger partial charge in [-0.05, 0) is 49.6 Å². The summed E-state index contributed by atoms with van der Waals surface area (Å²) in [6.07, 6.45) is -0.0833. The fraction of sp³-hybridized carbons (Fsp3) is 0.300. The van der Waals surface area contributed by atoms with Crippen LogP contribution < -0.4 is 9.46 Å². The predicted octanol–water partition coefficient (Wildman–Crippen LogP) is 2.65. The van der Waals surface area contributed by atoms with Crippen molar-refractivity contribution in [2.24, 2.45) is 0 Å². The molecule has 0 aliphatic carbocycles. The van der Waals surface area contributed by atoms with E-state index in [1.165, 1.54) is 31.2 Å². The van der Waals surface area contributed by atoms with Gasteiger partial charge in [0, 0.05) is 12.1 Å². The number of carbonyl (C=O) groups is 2. The molecule has 8 heteroatoms. The Morgan fingerprint density at radius 3 is 2.18 bits per heavy atom. The van der Waals surface area contributed by atoms with E-state index in [0.29, 0.717) is 24.2 Å². The Morgan fingerprint density at radius 2 is 1.68 bits per heavy atom. The summed E-state index contributed by atoms with van der Waals surface area (Å²) in [6.45, 7) is 3.35. The Bertz CT molecular complexity index is 920. The molecule has 150 valence electrons. The molecule has 2 N–H and O–H groups in total. The van der Waals surface area contributed by atoms with Crippen LogP contribution in [0.5, 0.6) is 5.75 Å². The third-order valence-electron chi connectivity index (χ3n) is 4.12. The highest BCUT2D eigenvalue weighted by atomic mass is 32.2. The number of ether oxygens (including phenoxy) is 1. The summed E-state index contributed by atoms with van der Waals surface area (Å²) in [6, 6.07) is 12.6. The van der Waals surface area contributed by atoms with E-state index in [-0.39, 0.29) is 17.2 Å². The van der Waals surface area contributed by atoms with Gasteiger partial charge in [-0.1, -0.05) is 31.2 Å². The molecule has 28 heavy (non-hydrogen) atoms. The van der Waals surface area contributed by atoms with Crippen LogP contribution in [0.15, 0.2) is 53.4 Å². The van der Waals surface area contributed by atoms with E-state index in [9.17, 15) is 18.0 Å². The zero-order valence-corrected chi connectivity index (χ0v) is 16.5. The second-order valence-electron chi connectivity index (χ2n) is 6.23. The van der Waals surface area contributed by atoms with Crippen molar-refractivity contribution in [1.82, 2.24) is 4.72 Å². The molecule has 0 amide bonds. The molecule has 1 unspecified atom stereocenters. The van der Waals surface area contributed by atoms with Crippen LogP contribution in [-0.4, -0.2) is 37.9 Å². The van der Waals surface area contributed by atoms with Gasteiger partial charge in [0.15, 0.2) is 11.9 Å². The number of nitrogens with one attached hydrogen (secondary N) is 1. The minimum atomic E-state index is -3.66. The molecule has 2 rings (SSSR count). The smallest absolute Gasteiger partial charge is 0.344 e. The molecule has 2 aromatic carbocycles. The summed E-state index contributed by atoms with van der Waals surface area (Å²) in [7, 11) is -3.66. The lowest BCUT2D eigenvalue weighted by atomic mass is 10.1. The van der Waals surface area contributed by atoms with Crippen LogP contribution in [0.3, 0.4) is 0 Å². The van der Waals surface area contributed by atoms with Gasteiger partial charge in [0.1, 0.15) is 5.75 Å². The Kier molecular flexibility index (Phi) is 7.31. The highest BCUT2D eigenvalue weighted by Gasteiger charge is 2.17. The van der Waals surface area contributed by atoms with Crippen LogP contribution in [-0.2, 0) is 21.2 Å². The van der Waals surface area contributed by atoms with E-state index in [4.69, 9.17) is 9.84 Å². The fourth-order valence-electron chi connectivity index (χ4n) is 2.49. The number of hydrogen-bond donors (Lipinski definition) is 2. The lowest BCUT2D eigenvalue weighted by molar-refractivity contribution is -0.145. The van der Waals surface area contributed by atoms with Gasteiger partial charge < -0.3 is 9.84 Å². The van der Waals surface area contributed by atoms with Crippen molar-refractivity contribution in [2.75, 3.05) is 6.54 Å². The monoisotopic (exact) mass is 405 g/mol. The molecular weight excluding hydrogens is 382 g/mol. The molecule has 0 aromatic heterocycles. The van der Waals surface area contributed by atoms with Crippen LogP contribution in [0, 0.1) is 0 Å². The number of sulfonamides is 1. The minimum Gasteiger partial charge on any atom is -0.479 e. The predicted molar refractivity (Wildman–Crippen MR) is 104 cm³/mol. The van der Waals surface area contributed by atoms with Crippen molar-refractivity contribution in [2.45, 2.75) is 37.7 Å². The number of Topliss-reactive ketones (excluding diaryl/α,β-unsaturated/α-hetero) is 1. The van der Waals surface area contributed by atoms with Crippen LogP contribution in [0.2, 0.25) is 0 Å². The standard InChI is InChI=1S/C20H23NO6S/c1-3-19(20(23)24)27-17-8-4-15(5-9-17)12-13-21-28(25,26)18-10-6-16(7-11-18)14(2)22/h4-11,19,21H,3,12-13H2,1-2H3,(H,23,24). The lowest BCUT2D eigenvalue weighted by Gasteiger charge is -2.13. The molecule has 0 aliphatic heterocycles. The average Bonchev–Trinajstić information content (AvgIpc) is 2.67. The van der Waals surface area contributed by atoms with E-state index < -0.39 is 22.1 Å². The number of aliphatic carboxylic acids is 1. The van der Waals surface area contributed by atoms with Crippen LogP contribution in [0.25, 0.3) is 0 Å². The average molecular weight is 405 g/mol. The highest BCUT2D eigenvalue weighted by Crippen LogP contribution is 2.16. The first-order valence-corrected chi connectivity index (χ1v) is 10.3. The van der Waals surface area contributed by atoms with Gasteiger partial charge in [-0.15, -0.1) is 0 Å². The number of carboxylic acid groups (broad SMARTS) is 1. The summed E-state index contributed by atoms with van der Waals surface area (Å²) >= 11 is 0. The number of hydrogen-bond acceptors (Lipinski definition) is 5. The molecule has 0 bridgehead atoms. The molecule has 0 saturated heterocycles. The third-order valence-corrected chi connectivity index (χ3v) is 5.60. The van der Waals surface area contributed by atoms with E-state index in [1.807, 2.05) is 0 Å². The first-order valence-electron chi connectivity index (χ1n) is 8.82. The second kappa shape index (κ2) is 9.48. The molecule has 2 aromatic rings. The summed E-state index contributed by atoms with van der Waals surface area (Å²) in [4.78, 5) is 22.4. The molecule has 0 saturated carbocycles. The molecule has 0 fully saturated rings. The quantitative estimate of drug-likeness (QED) is 0.588. The normalized spacial score (nSPS) is 12.4. The Labute approximate surface area is 164 Å². The largest absolute Gasteiger partial charge is 0.479 e. The first-order chi connectivity index (χ1) is 13.2. The maximum absolute atomic E-state index is 12.3. The van der Waals surface area contributed by atoms with Crippen LogP contribution in [0.4, 0.5) is 0 Å². The van der Waals surface area contributed by atoms with Crippen molar-refractivity contribution in [1.29, 1.82) is 0 Å². The van der Waals surface area contributed by atoms with E-state index in [2.05, 4.69) is 4.72 Å². The Hall–Kier alpha value is -2.71. The SMILES string of the molecule is CCC(Oc1ccc(CCNS(=O)(=O)c2ccc(C(C)=O)cc2)cc1)C(=O)O. The van der Waals surface area contributed by atoms with Crippen molar-refractivity contribution < 1.29 is 27.9 Å². The lowest BCUT2D eigenvalue weighted by Crippen LogP contribution is -2.26. The minimum absolute atomic E-state index is 0.0977. The van der Waals surface area contributed by atoms with Gasteiger partial charge in [0.2, 0.25) is 10.0 Å². The van der Waals surface area contributed by atoms with Gasteiger partial charge in [0.05, 0.1) is 4.90 Å². The summed E-state index contributed by atoms with van der Waals surface area (Å²) in [5.74, 6) is -0.695. The number of rotatable bonds is 10. The summed E-state index contributed by atoms with van der Waals surface area (Å²) in [5.41, 5.74) is 1.33. The van der Waals surface area contributed by atoms with Crippen molar-refractivity contribution >= 4 is 21.8 Å². The topological polar surface area (TPSA) is 110 Å². The maximum Gasteiger partial charge on any atom is 0.344 e. The molecule has 0 aliphatic rings. The fourth-order valence-corrected chi connectivity index (χ4v) is 3.52. The summed E-state index contributed by atoms with van der Waals surface area (Å²) in [5, 5.41) is 9.01. The highest BCUT2D eigenvalue weighted by molar-refractivity contribution is 7.89. The van der Waals surface area contributed by atoms with Gasteiger partial charge in [-0.25, -0.2) is 17.9 Å². The Morgan fingerprint density at radius 1 is 1.07 bits per heavy atom. The number of carboxylic acids is 1. The van der Waals surface area contributed by atoms with Gasteiger partial charge >= 0.3 is 5.97 Å². The zero-order chi connectivity index (χ0) is 20.7. The molecular formula is C20H23NO6S. The van der Waals surface area contributed by atoms with Crippen molar-refractivity contribution in [3.05, 3.63) is 59.7 Å². The molecule has 0 radical (unpaired) electrons. The van der Waals surface area contributed by atoms with Gasteiger partial charge in [-0.3, -0.25) is 4.79 Å². The van der Waals surface area contributed by atoms with Crippen LogP contribution >= 0.6 is 0 Å².